The van der Waals surface area contributed by atoms with E-state index in [1.54, 1.807) is 5.06 Å². The number of carbonyl (C=O) groups excluding carboxylic acids is 2. The highest BCUT2D eigenvalue weighted by Gasteiger charge is 2.59. The molecule has 0 aliphatic carbocycles. The van der Waals surface area contributed by atoms with Gasteiger partial charge in [-0.2, -0.15) is 13.2 Å². The van der Waals surface area contributed by atoms with Gasteiger partial charge in [0.2, 0.25) is 5.91 Å². The Morgan fingerprint density at radius 2 is 1.67 bits per heavy atom. The first kappa shape index (κ1) is 24.1. The fourth-order valence-corrected chi connectivity index (χ4v) is 4.72. The fraction of sp³-hybridized carbons (Fsp3) is 0.240. The van der Waals surface area contributed by atoms with Crippen LogP contribution in [0.2, 0.25) is 5.02 Å². The summed E-state index contributed by atoms with van der Waals surface area (Å²) in [5.41, 5.74) is 0.580. The zero-order chi connectivity index (χ0) is 25.4. The number of carbonyl (C=O) groups is 2. The molecule has 3 aromatic rings. The normalized spacial score (nSPS) is 21.7. The van der Waals surface area contributed by atoms with E-state index >= 15 is 0 Å². The van der Waals surface area contributed by atoms with Crippen molar-refractivity contribution in [2.24, 2.45) is 5.92 Å². The average molecular weight is 517 g/mol. The maximum atomic E-state index is 13.4. The second-order valence-corrected chi connectivity index (χ2v) is 8.78. The first-order valence-electron chi connectivity index (χ1n) is 11.1. The summed E-state index contributed by atoms with van der Waals surface area (Å²) in [7, 11) is 0. The zero-order valence-corrected chi connectivity index (χ0v) is 19.4. The molecule has 0 unspecified atom stereocenters. The molecule has 2 fully saturated rings. The number of hydrogen-bond acceptors (Lipinski definition) is 6. The summed E-state index contributed by atoms with van der Waals surface area (Å²) in [6, 6.07) is 18.8. The number of aromatic nitrogens is 1. The summed E-state index contributed by atoms with van der Waals surface area (Å²) in [5.74, 6) is -1.59. The van der Waals surface area contributed by atoms with Crippen molar-refractivity contribution in [2.75, 3.05) is 23.5 Å². The molecule has 186 valence electrons. The Labute approximate surface area is 209 Å². The van der Waals surface area contributed by atoms with Gasteiger partial charge in [-0.1, -0.05) is 60.1 Å². The number of para-hydroxylation sites is 1. The molecule has 11 heteroatoms. The minimum absolute atomic E-state index is 0.0256. The number of nitrogens with one attached hydrogen (secondary N) is 1. The minimum Gasteiger partial charge on any atom is -0.367 e. The third kappa shape index (κ3) is 4.38. The van der Waals surface area contributed by atoms with Gasteiger partial charge in [-0.15, -0.1) is 0 Å². The second-order valence-electron chi connectivity index (χ2n) is 8.38. The Bertz CT molecular complexity index is 1280. The number of rotatable bonds is 6. The van der Waals surface area contributed by atoms with Crippen LogP contribution in [0.1, 0.15) is 17.2 Å². The van der Waals surface area contributed by atoms with E-state index in [0.717, 1.165) is 22.2 Å². The van der Waals surface area contributed by atoms with E-state index in [4.69, 9.17) is 16.4 Å². The van der Waals surface area contributed by atoms with Crippen molar-refractivity contribution in [2.45, 2.75) is 18.3 Å². The van der Waals surface area contributed by atoms with Crippen molar-refractivity contribution in [1.29, 1.82) is 0 Å². The van der Waals surface area contributed by atoms with Crippen LogP contribution in [-0.2, 0) is 20.6 Å². The lowest BCUT2D eigenvalue weighted by molar-refractivity contribution is -0.143. The summed E-state index contributed by atoms with van der Waals surface area (Å²) in [6.07, 6.45) is -4.89. The number of likely N-dealkylation sites (tertiary alicyclic amines) is 1. The highest BCUT2D eigenvalue weighted by molar-refractivity contribution is 6.33. The van der Waals surface area contributed by atoms with Crippen LogP contribution in [0.15, 0.2) is 72.9 Å². The number of pyridine rings is 1. The van der Waals surface area contributed by atoms with Gasteiger partial charge in [0.25, 0.3) is 5.91 Å². The van der Waals surface area contributed by atoms with Crippen LogP contribution >= 0.6 is 11.6 Å². The Morgan fingerprint density at radius 3 is 2.31 bits per heavy atom. The van der Waals surface area contributed by atoms with Gasteiger partial charge in [-0.05, 0) is 23.8 Å². The molecular formula is C25H20ClF3N4O3. The number of imide groups is 1. The molecule has 0 spiro atoms. The number of anilines is 2. The second kappa shape index (κ2) is 9.44. The van der Waals surface area contributed by atoms with E-state index in [2.05, 4.69) is 10.3 Å². The first-order chi connectivity index (χ1) is 17.3. The smallest absolute Gasteiger partial charge is 0.367 e. The predicted octanol–water partition coefficient (Wildman–Crippen LogP) is 4.71. The SMILES string of the molecule is O=C1[C@@H]2[C@@H](c3ccccc3)N(c3ccccc3)O[C@H]2C(=O)N1CCNc1ncc(C(F)(F)F)cc1Cl. The predicted molar refractivity (Wildman–Crippen MR) is 126 cm³/mol. The molecule has 1 aromatic heterocycles. The summed E-state index contributed by atoms with van der Waals surface area (Å²) < 4.78 is 38.5. The monoisotopic (exact) mass is 516 g/mol. The van der Waals surface area contributed by atoms with Gasteiger partial charge in [0.1, 0.15) is 11.7 Å². The third-order valence-electron chi connectivity index (χ3n) is 6.15. The Morgan fingerprint density at radius 1 is 1.00 bits per heavy atom. The van der Waals surface area contributed by atoms with Crippen molar-refractivity contribution >= 4 is 34.9 Å². The Hall–Kier alpha value is -3.63. The molecule has 1 N–H and O–H groups in total. The lowest BCUT2D eigenvalue weighted by Crippen LogP contribution is -2.39. The third-order valence-corrected chi connectivity index (χ3v) is 6.44. The first-order valence-corrected chi connectivity index (χ1v) is 11.5. The average Bonchev–Trinajstić information content (AvgIpc) is 3.37. The summed E-state index contributed by atoms with van der Waals surface area (Å²) >= 11 is 5.93. The van der Waals surface area contributed by atoms with E-state index < -0.39 is 35.7 Å². The summed E-state index contributed by atoms with van der Waals surface area (Å²) in [5, 5.41) is 4.19. The summed E-state index contributed by atoms with van der Waals surface area (Å²) in [4.78, 5) is 37.5. The van der Waals surface area contributed by atoms with Gasteiger partial charge in [0.15, 0.2) is 6.10 Å². The number of amides is 2. The minimum atomic E-state index is -4.57. The van der Waals surface area contributed by atoms with Gasteiger partial charge in [0.05, 0.1) is 22.3 Å². The molecule has 2 aliphatic rings. The molecule has 3 atom stereocenters. The van der Waals surface area contributed by atoms with Crippen LogP contribution in [0.3, 0.4) is 0 Å². The number of hydroxylamine groups is 1. The topological polar surface area (TPSA) is 74.8 Å². The fourth-order valence-electron chi connectivity index (χ4n) is 4.49. The van der Waals surface area contributed by atoms with Crippen molar-refractivity contribution in [1.82, 2.24) is 9.88 Å². The zero-order valence-electron chi connectivity index (χ0n) is 18.7. The van der Waals surface area contributed by atoms with Crippen LogP contribution < -0.4 is 10.4 Å². The molecule has 5 rings (SSSR count). The van der Waals surface area contributed by atoms with Crippen LogP contribution in [-0.4, -0.2) is 40.9 Å². The van der Waals surface area contributed by atoms with Gasteiger partial charge >= 0.3 is 6.18 Å². The molecule has 0 bridgehead atoms. The summed E-state index contributed by atoms with van der Waals surface area (Å²) in [6.45, 7) is 0.0211. The number of halogens is 4. The lowest BCUT2D eigenvalue weighted by Gasteiger charge is -2.28. The molecule has 2 aromatic carbocycles. The molecule has 2 saturated heterocycles. The highest BCUT2D eigenvalue weighted by atomic mass is 35.5. The maximum Gasteiger partial charge on any atom is 0.417 e. The largest absolute Gasteiger partial charge is 0.417 e. The maximum absolute atomic E-state index is 13.4. The molecule has 2 aliphatic heterocycles. The number of fused-ring (bicyclic) bond motifs is 1. The molecule has 0 saturated carbocycles. The van der Waals surface area contributed by atoms with Crippen molar-refractivity contribution in [3.8, 4) is 0 Å². The highest BCUT2D eigenvalue weighted by Crippen LogP contribution is 2.46. The van der Waals surface area contributed by atoms with E-state index in [1.165, 1.54) is 0 Å². The van der Waals surface area contributed by atoms with Crippen LogP contribution in [0.4, 0.5) is 24.7 Å². The van der Waals surface area contributed by atoms with Crippen LogP contribution in [0.25, 0.3) is 0 Å². The number of alkyl halides is 3. The van der Waals surface area contributed by atoms with E-state index in [9.17, 15) is 22.8 Å². The quantitative estimate of drug-likeness (QED) is 0.478. The van der Waals surface area contributed by atoms with E-state index in [0.29, 0.717) is 6.20 Å². The molecule has 3 heterocycles. The van der Waals surface area contributed by atoms with Crippen molar-refractivity contribution in [3.63, 3.8) is 0 Å². The molecule has 36 heavy (non-hydrogen) atoms. The Balaban J connectivity index is 1.33. The molecule has 7 nitrogen and oxygen atoms in total. The number of nitrogens with zero attached hydrogens (tertiary/aromatic N) is 3. The van der Waals surface area contributed by atoms with Gasteiger partial charge in [-0.25, -0.2) is 10.0 Å². The van der Waals surface area contributed by atoms with Crippen molar-refractivity contribution in [3.05, 3.63) is 89.1 Å². The molecular weight excluding hydrogens is 497 g/mol. The van der Waals surface area contributed by atoms with Crippen molar-refractivity contribution < 1.29 is 27.6 Å². The van der Waals surface area contributed by atoms with Crippen LogP contribution in [0.5, 0.6) is 0 Å². The molecule has 0 radical (unpaired) electrons. The Kier molecular flexibility index (Phi) is 6.31. The lowest BCUT2D eigenvalue weighted by atomic mass is 9.90. The number of hydrogen-bond donors (Lipinski definition) is 1. The number of benzene rings is 2. The van der Waals surface area contributed by atoms with E-state index in [1.807, 2.05) is 60.7 Å². The standard InChI is InChI=1S/C25H20ClF3N4O3/c26-18-13-16(25(27,28)29)14-31-22(18)30-11-12-32-23(34)19-20(15-7-3-1-4-8-15)33(36-21(19)24(32)35)17-9-5-2-6-10-17/h1-10,13-14,19-21H,11-12H2,(H,30,31)/t19-,20-,21-/m1/s1. The van der Waals surface area contributed by atoms with Gasteiger partial charge < -0.3 is 5.32 Å². The van der Waals surface area contributed by atoms with Gasteiger partial charge in [-0.3, -0.25) is 19.3 Å². The van der Waals surface area contributed by atoms with Crippen LogP contribution in [0, 0.1) is 5.92 Å². The molecule has 2 amide bonds. The van der Waals surface area contributed by atoms with E-state index in [-0.39, 0.29) is 29.8 Å². The van der Waals surface area contributed by atoms with Gasteiger partial charge in [0, 0.05) is 19.3 Å².